The van der Waals surface area contributed by atoms with E-state index in [9.17, 15) is 0 Å². The molecule has 2 aromatic heterocycles. The van der Waals surface area contributed by atoms with Gasteiger partial charge < -0.3 is 14.3 Å². The maximum absolute atomic E-state index is 6.90. The number of fused-ring (bicyclic) bond motifs is 9. The normalized spacial score (nSPS) is 14.3. The number of rotatable bonds is 5. The summed E-state index contributed by atoms with van der Waals surface area (Å²) in [5.41, 5.74) is 10.1. The highest BCUT2D eigenvalue weighted by Crippen LogP contribution is 2.42. The van der Waals surface area contributed by atoms with Crippen molar-refractivity contribution in [3.8, 4) is 16.8 Å². The number of furan rings is 1. The summed E-state index contributed by atoms with van der Waals surface area (Å²) in [6.07, 6.45) is -0.411. The minimum Gasteiger partial charge on any atom is -0.454 e. The molecule has 12 aromatic rings. The summed E-state index contributed by atoms with van der Waals surface area (Å²) in [6, 6.07) is 73.4. The van der Waals surface area contributed by atoms with E-state index in [0.29, 0.717) is 5.84 Å². The van der Waals surface area contributed by atoms with Crippen LogP contribution in [0.15, 0.2) is 221 Å². The third-order valence-corrected chi connectivity index (χ3v) is 12.6. The maximum atomic E-state index is 6.90. The van der Waals surface area contributed by atoms with Gasteiger partial charge in [-0.15, -0.1) is 0 Å². The summed E-state index contributed by atoms with van der Waals surface area (Å²) in [6.45, 7) is 0. The SMILES string of the molecule is c1ccc(-c2cccc(C3N=C(c4cc(-n5c6cc7ccccc7cc6c6cc7ccccc7cc65)c5oc6ccccc6c5c4)N=C(c4cccc5ccccc45)N3)c2)cc1. The summed E-state index contributed by atoms with van der Waals surface area (Å²) in [4.78, 5) is 10.9. The van der Waals surface area contributed by atoms with E-state index in [1.54, 1.807) is 0 Å². The third-order valence-electron chi connectivity index (χ3n) is 12.6. The number of hydrogen-bond acceptors (Lipinski definition) is 4. The number of amidine groups is 2. The molecule has 1 aliphatic heterocycles. The molecule has 1 N–H and O–H groups in total. The molecule has 5 heteroatoms. The number of nitrogens with zero attached hydrogens (tertiary/aromatic N) is 3. The second kappa shape index (κ2) is 13.6. The molecular formula is C57H36N4O. The van der Waals surface area contributed by atoms with Gasteiger partial charge in [0.15, 0.2) is 11.4 Å². The van der Waals surface area contributed by atoms with Gasteiger partial charge in [0.1, 0.15) is 17.6 Å². The van der Waals surface area contributed by atoms with Crippen LogP contribution in [-0.2, 0) is 0 Å². The monoisotopic (exact) mass is 792 g/mol. The molecule has 0 amide bonds. The molecule has 1 atom stereocenters. The van der Waals surface area contributed by atoms with E-state index < -0.39 is 6.17 Å². The molecule has 0 bridgehead atoms. The fourth-order valence-electron chi connectivity index (χ4n) is 9.59. The lowest BCUT2D eigenvalue weighted by atomic mass is 10.00. The fraction of sp³-hybridized carbons (Fsp3) is 0.0175. The van der Waals surface area contributed by atoms with Crippen molar-refractivity contribution < 1.29 is 4.42 Å². The summed E-state index contributed by atoms with van der Waals surface area (Å²) >= 11 is 0. The van der Waals surface area contributed by atoms with Crippen molar-refractivity contribution in [2.75, 3.05) is 0 Å². The minimum absolute atomic E-state index is 0.411. The second-order valence-electron chi connectivity index (χ2n) is 16.2. The van der Waals surface area contributed by atoms with Gasteiger partial charge in [0.25, 0.3) is 0 Å². The molecule has 0 aliphatic carbocycles. The molecule has 0 saturated carbocycles. The molecule has 0 spiro atoms. The molecular weight excluding hydrogens is 757 g/mol. The van der Waals surface area contributed by atoms with E-state index in [4.69, 9.17) is 14.4 Å². The van der Waals surface area contributed by atoms with Crippen molar-refractivity contribution in [1.29, 1.82) is 0 Å². The Morgan fingerprint density at radius 2 is 1.03 bits per heavy atom. The average molecular weight is 793 g/mol. The minimum atomic E-state index is -0.411. The highest BCUT2D eigenvalue weighted by atomic mass is 16.3. The van der Waals surface area contributed by atoms with Gasteiger partial charge in [-0.05, 0) is 97.5 Å². The van der Waals surface area contributed by atoms with Crippen molar-refractivity contribution in [1.82, 2.24) is 9.88 Å². The molecule has 290 valence electrons. The predicted octanol–water partition coefficient (Wildman–Crippen LogP) is 14.3. The lowest BCUT2D eigenvalue weighted by Gasteiger charge is -2.25. The van der Waals surface area contributed by atoms with E-state index in [1.807, 2.05) is 6.07 Å². The number of aromatic nitrogens is 1. The summed E-state index contributed by atoms with van der Waals surface area (Å²) in [5.74, 6) is 1.42. The Balaban J connectivity index is 1.10. The van der Waals surface area contributed by atoms with Crippen molar-refractivity contribution in [2.45, 2.75) is 6.17 Å². The van der Waals surface area contributed by atoms with Gasteiger partial charge in [0, 0.05) is 32.7 Å². The average Bonchev–Trinajstić information content (AvgIpc) is 3.87. The van der Waals surface area contributed by atoms with Crippen LogP contribution >= 0.6 is 0 Å². The van der Waals surface area contributed by atoms with Gasteiger partial charge in [0.05, 0.1) is 16.7 Å². The van der Waals surface area contributed by atoms with Gasteiger partial charge in [0.2, 0.25) is 0 Å². The van der Waals surface area contributed by atoms with Crippen LogP contribution < -0.4 is 5.32 Å². The predicted molar refractivity (Wildman–Crippen MR) is 258 cm³/mol. The van der Waals surface area contributed by atoms with Gasteiger partial charge in [-0.3, -0.25) is 0 Å². The molecule has 3 heterocycles. The smallest absolute Gasteiger partial charge is 0.159 e. The molecule has 10 aromatic carbocycles. The van der Waals surface area contributed by atoms with Crippen LogP contribution in [-0.4, -0.2) is 16.2 Å². The van der Waals surface area contributed by atoms with Crippen molar-refractivity contribution in [2.24, 2.45) is 9.98 Å². The lowest BCUT2D eigenvalue weighted by molar-refractivity contribution is 0.666. The van der Waals surface area contributed by atoms with Crippen LogP contribution in [0.25, 0.3) is 92.9 Å². The molecule has 0 fully saturated rings. The fourth-order valence-corrected chi connectivity index (χ4v) is 9.59. The van der Waals surface area contributed by atoms with Crippen LogP contribution in [0, 0.1) is 0 Å². The first-order valence-corrected chi connectivity index (χ1v) is 21.1. The van der Waals surface area contributed by atoms with Crippen LogP contribution in [0.5, 0.6) is 0 Å². The number of nitrogens with one attached hydrogen (secondary N) is 1. The molecule has 13 rings (SSSR count). The van der Waals surface area contributed by atoms with Crippen molar-refractivity contribution in [3.63, 3.8) is 0 Å². The van der Waals surface area contributed by atoms with E-state index in [2.05, 4.69) is 210 Å². The zero-order chi connectivity index (χ0) is 40.7. The van der Waals surface area contributed by atoms with Gasteiger partial charge in [-0.25, -0.2) is 9.98 Å². The Morgan fingerprint density at radius 1 is 0.435 bits per heavy atom. The standard InChI is InChI=1S/C57H36N4O/c1-2-14-35(15-3-1)37-22-12-23-42(28-37)55-58-56(60-57(59-55)46-26-13-21-36-16-8-9-24-44(36)46)43-31-49-45-25-10-11-27-53(45)62-54(49)52(34-43)61-50-32-40-19-6-4-17-38(40)29-47(50)48-30-39-18-5-7-20-41(39)33-51(48)61/h1-34,55H,(H,58,59,60). The number of aliphatic imine (C=N–C) groups is 2. The summed E-state index contributed by atoms with van der Waals surface area (Å²) in [5, 5.41) is 15.3. The zero-order valence-electron chi connectivity index (χ0n) is 33.5. The highest BCUT2D eigenvalue weighted by molar-refractivity contribution is 6.21. The third kappa shape index (κ3) is 5.49. The van der Waals surface area contributed by atoms with Gasteiger partial charge in [-0.1, -0.05) is 158 Å². The summed E-state index contributed by atoms with van der Waals surface area (Å²) < 4.78 is 9.30. The van der Waals surface area contributed by atoms with Crippen LogP contribution in [0.3, 0.4) is 0 Å². The van der Waals surface area contributed by atoms with Crippen molar-refractivity contribution >= 4 is 87.7 Å². The number of hydrogen-bond donors (Lipinski definition) is 1. The number of benzene rings is 10. The number of para-hydroxylation sites is 1. The Kier molecular flexibility index (Phi) is 7.60. The van der Waals surface area contributed by atoms with Crippen LogP contribution in [0.1, 0.15) is 22.9 Å². The van der Waals surface area contributed by atoms with E-state index in [-0.39, 0.29) is 0 Å². The van der Waals surface area contributed by atoms with Crippen LogP contribution in [0.2, 0.25) is 0 Å². The first kappa shape index (κ1) is 34.6. The van der Waals surface area contributed by atoms with Crippen molar-refractivity contribution in [3.05, 3.63) is 223 Å². The lowest BCUT2D eigenvalue weighted by Crippen LogP contribution is -2.33. The molecule has 1 unspecified atom stereocenters. The van der Waals surface area contributed by atoms with Gasteiger partial charge in [-0.2, -0.15) is 0 Å². The van der Waals surface area contributed by atoms with E-state index in [1.165, 1.54) is 32.3 Å². The Bertz CT molecular complexity index is 3760. The van der Waals surface area contributed by atoms with Gasteiger partial charge >= 0.3 is 0 Å². The summed E-state index contributed by atoms with van der Waals surface area (Å²) in [7, 11) is 0. The largest absolute Gasteiger partial charge is 0.454 e. The Hall–Kier alpha value is -8.28. The maximum Gasteiger partial charge on any atom is 0.159 e. The quantitative estimate of drug-likeness (QED) is 0.189. The van der Waals surface area contributed by atoms with E-state index in [0.717, 1.165) is 83.1 Å². The second-order valence-corrected chi connectivity index (χ2v) is 16.2. The molecule has 0 saturated heterocycles. The molecule has 1 aliphatic rings. The Labute approximate surface area is 356 Å². The highest BCUT2D eigenvalue weighted by Gasteiger charge is 2.26. The topological polar surface area (TPSA) is 54.8 Å². The zero-order valence-corrected chi connectivity index (χ0v) is 33.5. The first-order valence-electron chi connectivity index (χ1n) is 21.1. The molecule has 5 nitrogen and oxygen atoms in total. The molecule has 0 radical (unpaired) electrons. The van der Waals surface area contributed by atoms with E-state index >= 15 is 0 Å². The van der Waals surface area contributed by atoms with Crippen LogP contribution in [0.4, 0.5) is 0 Å². The first-order chi connectivity index (χ1) is 30.7. The Morgan fingerprint density at radius 3 is 1.77 bits per heavy atom. The molecule has 62 heavy (non-hydrogen) atoms.